The lowest BCUT2D eigenvalue weighted by Gasteiger charge is -2.27. The molecule has 1 aromatic carbocycles. The van der Waals surface area contributed by atoms with Crippen LogP contribution in [0.1, 0.15) is 29.4 Å². The molecule has 3 heterocycles. The van der Waals surface area contributed by atoms with Gasteiger partial charge in [-0.1, -0.05) is 17.9 Å². The molecule has 1 saturated heterocycles. The number of fused-ring (bicyclic) bond motifs is 1. The number of ether oxygens (including phenoxy) is 1. The number of anilines is 1. The maximum absolute atomic E-state index is 12.1. The molecule has 2 aromatic heterocycles. The summed E-state index contributed by atoms with van der Waals surface area (Å²) in [5, 5.41) is 15.6. The Kier molecular flexibility index (Phi) is 7.00. The predicted molar refractivity (Wildman–Crippen MR) is 131 cm³/mol. The number of aliphatic hydroxyl groups is 1. The molecule has 0 saturated carbocycles. The van der Waals surface area contributed by atoms with Crippen LogP contribution in [-0.2, 0) is 9.53 Å². The van der Waals surface area contributed by atoms with Gasteiger partial charge >= 0.3 is 0 Å². The molecule has 1 atom stereocenters. The van der Waals surface area contributed by atoms with Gasteiger partial charge in [-0.05, 0) is 37.3 Å². The summed E-state index contributed by atoms with van der Waals surface area (Å²) in [6, 6.07) is 10.9. The number of carbonyl (C=O) groups excluding carboxylic acids is 2. The molecule has 1 aliphatic rings. The summed E-state index contributed by atoms with van der Waals surface area (Å²) < 4.78 is 7.02. The smallest absolute Gasteiger partial charge is 0.269 e. The summed E-state index contributed by atoms with van der Waals surface area (Å²) in [4.78, 5) is 31.2. The molecule has 1 unspecified atom stereocenters. The Hall–Kier alpha value is -3.94. The van der Waals surface area contributed by atoms with Crippen LogP contribution in [0.2, 0.25) is 0 Å². The first kappa shape index (κ1) is 24.2. The maximum atomic E-state index is 12.1. The Labute approximate surface area is 203 Å². The Morgan fingerprint density at radius 1 is 1.31 bits per heavy atom. The van der Waals surface area contributed by atoms with E-state index in [1.54, 1.807) is 24.7 Å². The minimum Gasteiger partial charge on any atom is -0.378 e. The molecule has 0 spiro atoms. The minimum absolute atomic E-state index is 0.139. The highest BCUT2D eigenvalue weighted by Crippen LogP contribution is 2.25. The van der Waals surface area contributed by atoms with E-state index in [0.717, 1.165) is 18.9 Å². The van der Waals surface area contributed by atoms with E-state index in [4.69, 9.17) is 15.5 Å². The van der Waals surface area contributed by atoms with E-state index >= 15 is 0 Å². The van der Waals surface area contributed by atoms with Crippen molar-refractivity contribution in [1.82, 2.24) is 19.7 Å². The summed E-state index contributed by atoms with van der Waals surface area (Å²) in [6.07, 6.45) is 1.02. The van der Waals surface area contributed by atoms with Gasteiger partial charge < -0.3 is 25.4 Å². The second-order valence-corrected chi connectivity index (χ2v) is 8.67. The van der Waals surface area contributed by atoms with Crippen LogP contribution in [0.5, 0.6) is 0 Å². The molecule has 1 aliphatic heterocycles. The first-order valence-electron chi connectivity index (χ1n) is 11.3. The monoisotopic (exact) mass is 476 g/mol. The summed E-state index contributed by atoms with van der Waals surface area (Å²) in [6.45, 7) is 4.70. The van der Waals surface area contributed by atoms with Crippen LogP contribution in [0.15, 0.2) is 36.4 Å². The van der Waals surface area contributed by atoms with Gasteiger partial charge in [0.05, 0.1) is 24.3 Å². The standard InChI is InChI=1S/C25H28N6O4/c1-25(34,10-11-29(2)17-32)9-8-18-4-3-5-19(16-18)31-24-20(22(28-31)23(26)33)6-7-21(27-24)30-12-14-35-15-13-30/h3-7,16-17,34H,10-15H2,1-2H3,(H2,26,33). The van der Waals surface area contributed by atoms with E-state index in [-0.39, 0.29) is 5.69 Å². The third-order valence-electron chi connectivity index (χ3n) is 5.78. The van der Waals surface area contributed by atoms with Crippen molar-refractivity contribution in [2.45, 2.75) is 18.9 Å². The van der Waals surface area contributed by atoms with Crippen LogP contribution in [0.4, 0.5) is 5.82 Å². The molecular formula is C25H28N6O4. The van der Waals surface area contributed by atoms with Crippen molar-refractivity contribution < 1.29 is 19.4 Å². The van der Waals surface area contributed by atoms with Gasteiger partial charge in [-0.2, -0.15) is 5.10 Å². The average molecular weight is 477 g/mol. The van der Waals surface area contributed by atoms with E-state index in [1.165, 1.54) is 4.90 Å². The quantitative estimate of drug-likeness (QED) is 0.384. The highest BCUT2D eigenvalue weighted by atomic mass is 16.5. The highest BCUT2D eigenvalue weighted by molar-refractivity contribution is 6.03. The number of amides is 2. The van der Waals surface area contributed by atoms with E-state index in [2.05, 4.69) is 21.8 Å². The van der Waals surface area contributed by atoms with Crippen molar-refractivity contribution in [3.05, 3.63) is 47.7 Å². The number of benzene rings is 1. The largest absolute Gasteiger partial charge is 0.378 e. The van der Waals surface area contributed by atoms with Gasteiger partial charge in [-0.15, -0.1) is 0 Å². The minimum atomic E-state index is -1.26. The number of hydrogen-bond donors (Lipinski definition) is 2. The fraction of sp³-hybridized carbons (Fsp3) is 0.360. The number of hydrogen-bond acceptors (Lipinski definition) is 7. The first-order valence-corrected chi connectivity index (χ1v) is 11.3. The van der Waals surface area contributed by atoms with Crippen LogP contribution in [-0.4, -0.2) is 82.6 Å². The Bertz CT molecular complexity index is 1300. The summed E-state index contributed by atoms with van der Waals surface area (Å²) in [5.74, 6) is 6.00. The zero-order valence-corrected chi connectivity index (χ0v) is 19.8. The molecule has 35 heavy (non-hydrogen) atoms. The van der Waals surface area contributed by atoms with Crippen LogP contribution < -0.4 is 10.6 Å². The van der Waals surface area contributed by atoms with E-state index in [1.807, 2.05) is 30.3 Å². The van der Waals surface area contributed by atoms with Gasteiger partial charge in [0, 0.05) is 38.7 Å². The molecule has 0 aliphatic carbocycles. The second kappa shape index (κ2) is 10.1. The summed E-state index contributed by atoms with van der Waals surface area (Å²) >= 11 is 0. The fourth-order valence-corrected chi connectivity index (χ4v) is 3.75. The predicted octanol–water partition coefficient (Wildman–Crippen LogP) is 0.937. The zero-order valence-electron chi connectivity index (χ0n) is 19.8. The Morgan fingerprint density at radius 3 is 2.80 bits per heavy atom. The van der Waals surface area contributed by atoms with Gasteiger partial charge in [0.15, 0.2) is 11.3 Å². The van der Waals surface area contributed by atoms with E-state index in [0.29, 0.717) is 54.9 Å². The summed E-state index contributed by atoms with van der Waals surface area (Å²) in [5.41, 5.74) is 6.28. The zero-order chi connectivity index (χ0) is 25.0. The van der Waals surface area contributed by atoms with Crippen molar-refractivity contribution in [2.75, 3.05) is 44.8 Å². The number of nitrogens with two attached hydrogens (primary N) is 1. The highest BCUT2D eigenvalue weighted by Gasteiger charge is 2.21. The van der Waals surface area contributed by atoms with Crippen LogP contribution >= 0.6 is 0 Å². The molecule has 0 bridgehead atoms. The van der Waals surface area contributed by atoms with E-state index < -0.39 is 11.5 Å². The molecule has 4 rings (SSSR count). The van der Waals surface area contributed by atoms with E-state index in [9.17, 15) is 14.7 Å². The van der Waals surface area contributed by atoms with Crippen molar-refractivity contribution in [1.29, 1.82) is 0 Å². The topological polar surface area (TPSA) is 127 Å². The number of primary amides is 1. The molecule has 3 N–H and O–H groups in total. The number of morpholine rings is 1. The normalized spacial score (nSPS) is 15.2. The lowest BCUT2D eigenvalue weighted by atomic mass is 10.0. The van der Waals surface area contributed by atoms with Crippen LogP contribution in [0.3, 0.4) is 0 Å². The second-order valence-electron chi connectivity index (χ2n) is 8.67. The average Bonchev–Trinajstić information content (AvgIpc) is 3.26. The molecule has 3 aromatic rings. The molecule has 0 radical (unpaired) electrons. The molecule has 2 amide bonds. The number of nitrogens with zero attached hydrogens (tertiary/aromatic N) is 5. The Morgan fingerprint density at radius 2 is 2.09 bits per heavy atom. The lowest BCUT2D eigenvalue weighted by Crippen LogP contribution is -2.36. The van der Waals surface area contributed by atoms with Crippen molar-refractivity contribution in [3.8, 4) is 17.5 Å². The number of carbonyl (C=O) groups is 2. The van der Waals surface area contributed by atoms with Crippen molar-refractivity contribution in [2.24, 2.45) is 5.73 Å². The molecule has 1 fully saturated rings. The molecule has 182 valence electrons. The number of pyridine rings is 1. The van der Waals surface area contributed by atoms with Crippen LogP contribution in [0.25, 0.3) is 16.7 Å². The molecular weight excluding hydrogens is 448 g/mol. The maximum Gasteiger partial charge on any atom is 0.269 e. The van der Waals surface area contributed by atoms with Gasteiger partial charge in [0.2, 0.25) is 6.41 Å². The van der Waals surface area contributed by atoms with Crippen molar-refractivity contribution in [3.63, 3.8) is 0 Å². The SMILES string of the molecule is CN(C=O)CCC(C)(O)C#Cc1cccc(-n2nc(C(N)=O)c3ccc(N4CCOCC4)nc32)c1. The van der Waals surface area contributed by atoms with Gasteiger partial charge in [0.1, 0.15) is 11.4 Å². The van der Waals surface area contributed by atoms with Crippen LogP contribution in [0, 0.1) is 11.8 Å². The van der Waals surface area contributed by atoms with Crippen molar-refractivity contribution >= 4 is 29.2 Å². The fourth-order valence-electron chi connectivity index (χ4n) is 3.75. The summed E-state index contributed by atoms with van der Waals surface area (Å²) in [7, 11) is 1.65. The van der Waals surface area contributed by atoms with Gasteiger partial charge in [0.25, 0.3) is 5.91 Å². The molecule has 10 nitrogen and oxygen atoms in total. The van der Waals surface area contributed by atoms with Gasteiger partial charge in [-0.25, -0.2) is 9.67 Å². The number of aromatic nitrogens is 3. The van der Waals surface area contributed by atoms with Gasteiger partial charge in [-0.3, -0.25) is 9.59 Å². The lowest BCUT2D eigenvalue weighted by molar-refractivity contribution is -0.117. The number of rotatable bonds is 7. The first-order chi connectivity index (χ1) is 16.8. The Balaban J connectivity index is 1.69. The third kappa shape index (κ3) is 5.59. The molecule has 10 heteroatoms. The third-order valence-corrected chi connectivity index (χ3v) is 5.78.